The molecule has 3 unspecified atom stereocenters. The van der Waals surface area contributed by atoms with Gasteiger partial charge in [-0.1, -0.05) is 37.3 Å². The molecule has 1 aromatic rings. The number of benzene rings is 1. The van der Waals surface area contributed by atoms with Crippen LogP contribution in [0.15, 0.2) is 30.3 Å². The topological polar surface area (TPSA) is 105 Å². The molecule has 1 saturated heterocycles. The maximum absolute atomic E-state index is 12.8. The van der Waals surface area contributed by atoms with Crippen LogP contribution in [0.1, 0.15) is 25.3 Å². The number of hydrogen-bond donors (Lipinski definition) is 2. The first-order chi connectivity index (χ1) is 13.4. The molecule has 2 rings (SSSR count). The fourth-order valence-electron chi connectivity index (χ4n) is 3.70. The number of hydrogen-bond acceptors (Lipinski definition) is 5. The quantitative estimate of drug-likeness (QED) is 0.652. The van der Waals surface area contributed by atoms with Crippen molar-refractivity contribution in [1.29, 1.82) is 0 Å². The van der Waals surface area contributed by atoms with Gasteiger partial charge in [-0.25, -0.2) is 9.59 Å². The Morgan fingerprint density at radius 2 is 1.93 bits per heavy atom. The third kappa shape index (κ3) is 5.22. The van der Waals surface area contributed by atoms with Crippen molar-refractivity contribution >= 4 is 18.0 Å². The number of carbonyl (C=O) groups is 3. The molecule has 0 aromatic heterocycles. The summed E-state index contributed by atoms with van der Waals surface area (Å²) in [6.07, 6.45) is 0.0350. The van der Waals surface area contributed by atoms with Crippen LogP contribution in [0.4, 0.5) is 4.79 Å². The molecule has 0 radical (unpaired) electrons. The van der Waals surface area contributed by atoms with Crippen LogP contribution in [0, 0.1) is 5.92 Å². The van der Waals surface area contributed by atoms with E-state index in [9.17, 15) is 19.5 Å². The minimum absolute atomic E-state index is 0.300. The van der Waals surface area contributed by atoms with Crippen molar-refractivity contribution in [3.63, 3.8) is 0 Å². The fraction of sp³-hybridized carbons (Fsp3) is 0.550. The number of carbonyl (C=O) groups excluding carboxylic acids is 2. The van der Waals surface area contributed by atoms with E-state index >= 15 is 0 Å². The molecule has 1 fully saturated rings. The number of esters is 1. The summed E-state index contributed by atoms with van der Waals surface area (Å²) in [4.78, 5) is 37.8. The molecule has 0 saturated carbocycles. The summed E-state index contributed by atoms with van der Waals surface area (Å²) >= 11 is 0. The summed E-state index contributed by atoms with van der Waals surface area (Å²) in [5, 5.41) is 12.1. The van der Waals surface area contributed by atoms with Crippen LogP contribution in [-0.2, 0) is 25.5 Å². The smallest absolute Gasteiger partial charge is 0.407 e. The maximum Gasteiger partial charge on any atom is 0.407 e. The van der Waals surface area contributed by atoms with Crippen molar-refractivity contribution < 1.29 is 29.0 Å². The van der Waals surface area contributed by atoms with Gasteiger partial charge in [-0.15, -0.1) is 0 Å². The lowest BCUT2D eigenvalue weighted by Gasteiger charge is -2.32. The average molecular weight is 392 g/mol. The first-order valence-electron chi connectivity index (χ1n) is 9.33. The molecule has 2 amide bonds. The third-order valence-electron chi connectivity index (χ3n) is 5.19. The van der Waals surface area contributed by atoms with E-state index in [0.717, 1.165) is 12.0 Å². The number of rotatable bonds is 8. The van der Waals surface area contributed by atoms with Gasteiger partial charge < -0.3 is 24.8 Å². The molecule has 154 valence electrons. The van der Waals surface area contributed by atoms with Gasteiger partial charge in [-0.3, -0.25) is 4.79 Å². The van der Waals surface area contributed by atoms with Crippen LogP contribution < -0.4 is 5.32 Å². The zero-order chi connectivity index (χ0) is 20.7. The first kappa shape index (κ1) is 21.7. The Hall–Kier alpha value is -2.61. The van der Waals surface area contributed by atoms with E-state index in [4.69, 9.17) is 9.47 Å². The van der Waals surface area contributed by atoms with Crippen molar-refractivity contribution in [2.45, 2.75) is 44.4 Å². The molecular weight excluding hydrogens is 364 g/mol. The maximum atomic E-state index is 12.8. The second-order valence-electron chi connectivity index (χ2n) is 6.95. The average Bonchev–Trinajstić information content (AvgIpc) is 3.18. The van der Waals surface area contributed by atoms with Crippen LogP contribution >= 0.6 is 0 Å². The molecule has 8 nitrogen and oxygen atoms in total. The van der Waals surface area contributed by atoms with Gasteiger partial charge in [0.15, 0.2) is 0 Å². The van der Waals surface area contributed by atoms with Crippen LogP contribution in [0.5, 0.6) is 0 Å². The van der Waals surface area contributed by atoms with Crippen molar-refractivity contribution in [1.82, 2.24) is 10.2 Å². The van der Waals surface area contributed by atoms with Gasteiger partial charge in [0, 0.05) is 20.1 Å². The van der Waals surface area contributed by atoms with E-state index in [1.54, 1.807) is 6.92 Å². The predicted octanol–water partition coefficient (Wildman–Crippen LogP) is 1.68. The number of carboxylic acid groups (broad SMARTS) is 1. The van der Waals surface area contributed by atoms with Crippen LogP contribution in [-0.4, -0.2) is 66.9 Å². The standard InChI is InChI=1S/C20H28N2O6/c1-13(17(27-2)16-10-7-11-22(16)20(25)26)18(23)21-15(19(24)28-3)12-14-8-5-4-6-9-14/h4-6,8-9,13,15-17H,7,10-12H2,1-3H3,(H,21,23)(H,25,26)/t13?,15?,16-,17?/m0/s1. The van der Waals surface area contributed by atoms with E-state index in [1.165, 1.54) is 19.1 Å². The molecule has 1 aromatic carbocycles. The van der Waals surface area contributed by atoms with Crippen LogP contribution in [0.25, 0.3) is 0 Å². The summed E-state index contributed by atoms with van der Waals surface area (Å²) < 4.78 is 10.3. The summed E-state index contributed by atoms with van der Waals surface area (Å²) in [6, 6.07) is 8.09. The zero-order valence-electron chi connectivity index (χ0n) is 16.5. The molecule has 8 heteroatoms. The van der Waals surface area contributed by atoms with Crippen LogP contribution in [0.2, 0.25) is 0 Å². The number of nitrogens with zero attached hydrogens (tertiary/aromatic N) is 1. The third-order valence-corrected chi connectivity index (χ3v) is 5.19. The van der Waals surface area contributed by atoms with Crippen molar-refractivity contribution in [2.24, 2.45) is 5.92 Å². The van der Waals surface area contributed by atoms with E-state index in [2.05, 4.69) is 5.32 Å². The highest BCUT2D eigenvalue weighted by atomic mass is 16.5. The highest BCUT2D eigenvalue weighted by Crippen LogP contribution is 2.26. The first-order valence-corrected chi connectivity index (χ1v) is 9.33. The zero-order valence-corrected chi connectivity index (χ0v) is 16.5. The van der Waals surface area contributed by atoms with Gasteiger partial charge in [0.1, 0.15) is 6.04 Å². The Kier molecular flexibility index (Phi) is 7.80. The number of nitrogens with one attached hydrogen (secondary N) is 1. The predicted molar refractivity (Wildman–Crippen MR) is 102 cm³/mol. The SMILES string of the molecule is COC(=O)C(Cc1ccccc1)NC(=O)C(C)C(OC)[C@@H]1CCCN1C(=O)O. The molecule has 28 heavy (non-hydrogen) atoms. The highest BCUT2D eigenvalue weighted by molar-refractivity contribution is 5.86. The number of ether oxygens (including phenoxy) is 2. The highest BCUT2D eigenvalue weighted by Gasteiger charge is 2.40. The fourth-order valence-corrected chi connectivity index (χ4v) is 3.70. The molecule has 0 spiro atoms. The van der Waals surface area contributed by atoms with Crippen molar-refractivity contribution in [3.8, 4) is 0 Å². The minimum Gasteiger partial charge on any atom is -0.467 e. The van der Waals surface area contributed by atoms with E-state index in [0.29, 0.717) is 19.4 Å². The molecule has 0 bridgehead atoms. The lowest BCUT2D eigenvalue weighted by molar-refractivity contribution is -0.146. The van der Waals surface area contributed by atoms with E-state index in [1.807, 2.05) is 30.3 Å². The molecule has 1 aliphatic heterocycles. The monoisotopic (exact) mass is 392 g/mol. The minimum atomic E-state index is -1.02. The lowest BCUT2D eigenvalue weighted by Crippen LogP contribution is -2.52. The summed E-state index contributed by atoms with van der Waals surface area (Å²) in [5.74, 6) is -1.56. The Labute approximate surface area is 164 Å². The molecule has 2 N–H and O–H groups in total. The summed E-state index contributed by atoms with van der Waals surface area (Å²) in [7, 11) is 2.74. The van der Waals surface area contributed by atoms with Gasteiger partial charge in [0.25, 0.3) is 0 Å². The number of likely N-dealkylation sites (tertiary alicyclic amines) is 1. The summed E-state index contributed by atoms with van der Waals surface area (Å²) in [6.45, 7) is 2.10. The van der Waals surface area contributed by atoms with Gasteiger partial charge in [-0.05, 0) is 18.4 Å². The van der Waals surface area contributed by atoms with Gasteiger partial charge in [0.2, 0.25) is 5.91 Å². The van der Waals surface area contributed by atoms with Crippen molar-refractivity contribution in [2.75, 3.05) is 20.8 Å². The van der Waals surface area contributed by atoms with Crippen LogP contribution in [0.3, 0.4) is 0 Å². The second kappa shape index (κ2) is 10.1. The Morgan fingerprint density at radius 1 is 1.25 bits per heavy atom. The molecule has 0 aliphatic carbocycles. The molecular formula is C20H28N2O6. The Bertz CT molecular complexity index is 681. The lowest BCUT2D eigenvalue weighted by atomic mass is 9.94. The largest absolute Gasteiger partial charge is 0.467 e. The number of methoxy groups -OCH3 is 2. The van der Waals surface area contributed by atoms with E-state index < -0.39 is 36.2 Å². The van der Waals surface area contributed by atoms with Gasteiger partial charge >= 0.3 is 12.1 Å². The van der Waals surface area contributed by atoms with Gasteiger partial charge in [0.05, 0.1) is 25.2 Å². The summed E-state index contributed by atoms with van der Waals surface area (Å²) in [5.41, 5.74) is 0.891. The Balaban J connectivity index is 2.10. The molecule has 1 heterocycles. The normalized spacial score (nSPS) is 19.5. The van der Waals surface area contributed by atoms with E-state index in [-0.39, 0.29) is 5.91 Å². The second-order valence-corrected chi connectivity index (χ2v) is 6.95. The van der Waals surface area contributed by atoms with Gasteiger partial charge in [-0.2, -0.15) is 0 Å². The molecule has 1 aliphatic rings. The Morgan fingerprint density at radius 3 is 2.50 bits per heavy atom. The number of amides is 2. The molecule has 4 atom stereocenters. The van der Waals surface area contributed by atoms with Crippen molar-refractivity contribution in [3.05, 3.63) is 35.9 Å².